The van der Waals surface area contributed by atoms with E-state index >= 15 is 0 Å². The first kappa shape index (κ1) is 12.5. The minimum Gasteiger partial charge on any atom is -0.508 e. The van der Waals surface area contributed by atoms with Crippen molar-refractivity contribution in [1.29, 1.82) is 0 Å². The molecule has 0 aliphatic carbocycles. The summed E-state index contributed by atoms with van der Waals surface area (Å²) in [6.07, 6.45) is 0.809. The fourth-order valence-electron chi connectivity index (χ4n) is 2.26. The highest BCUT2D eigenvalue weighted by Gasteiger charge is 2.03. The van der Waals surface area contributed by atoms with Gasteiger partial charge in [-0.3, -0.25) is 0 Å². The van der Waals surface area contributed by atoms with Crippen LogP contribution in [0.5, 0.6) is 5.75 Å². The zero-order valence-corrected chi connectivity index (χ0v) is 11.4. The van der Waals surface area contributed by atoms with E-state index < -0.39 is 0 Å². The lowest BCUT2D eigenvalue weighted by molar-refractivity contribution is 0.476. The number of phenolic OH excluding ortho intramolecular Hbond substituents is 1. The van der Waals surface area contributed by atoms with Gasteiger partial charge < -0.3 is 15.4 Å². The third kappa shape index (κ3) is 2.59. The number of hydrogen-bond donors (Lipinski definition) is 3. The summed E-state index contributed by atoms with van der Waals surface area (Å²) in [6, 6.07) is 13.4. The number of aromatic hydroxyl groups is 1. The predicted octanol–water partition coefficient (Wildman–Crippen LogP) is 3.23. The molecule has 0 amide bonds. The number of nitrogens with one attached hydrogen (secondary N) is 2. The molecule has 2 aromatic carbocycles. The summed E-state index contributed by atoms with van der Waals surface area (Å²) < 4.78 is 0. The minimum atomic E-state index is 0.255. The van der Waals surface area contributed by atoms with E-state index in [0.717, 1.165) is 35.5 Å². The first-order valence-corrected chi connectivity index (χ1v) is 6.69. The van der Waals surface area contributed by atoms with Gasteiger partial charge in [-0.05, 0) is 30.7 Å². The summed E-state index contributed by atoms with van der Waals surface area (Å²) in [6.45, 7) is 2.91. The van der Waals surface area contributed by atoms with E-state index in [0.29, 0.717) is 0 Å². The third-order valence-corrected chi connectivity index (χ3v) is 3.34. The van der Waals surface area contributed by atoms with Crippen LogP contribution in [0.2, 0.25) is 0 Å². The van der Waals surface area contributed by atoms with Gasteiger partial charge in [-0.15, -0.1) is 0 Å². The molecule has 0 saturated heterocycles. The number of imidazole rings is 1. The molecule has 3 aromatic rings. The first-order valence-electron chi connectivity index (χ1n) is 6.69. The van der Waals surface area contributed by atoms with Crippen molar-refractivity contribution in [1.82, 2.24) is 9.97 Å². The van der Waals surface area contributed by atoms with Crippen molar-refractivity contribution >= 4 is 16.7 Å². The lowest BCUT2D eigenvalue weighted by Gasteiger charge is -2.07. The van der Waals surface area contributed by atoms with Crippen LogP contribution >= 0.6 is 0 Å². The molecule has 0 spiro atoms. The molecule has 20 heavy (non-hydrogen) atoms. The van der Waals surface area contributed by atoms with Gasteiger partial charge in [0.1, 0.15) is 11.6 Å². The summed E-state index contributed by atoms with van der Waals surface area (Å²) >= 11 is 0. The van der Waals surface area contributed by atoms with Crippen LogP contribution in [0.1, 0.15) is 11.4 Å². The summed E-state index contributed by atoms with van der Waals surface area (Å²) in [4.78, 5) is 7.73. The van der Waals surface area contributed by atoms with Crippen LogP contribution in [0, 0.1) is 6.92 Å². The number of nitrogens with zero attached hydrogens (tertiary/aromatic N) is 1. The van der Waals surface area contributed by atoms with E-state index in [4.69, 9.17) is 0 Å². The maximum absolute atomic E-state index is 9.43. The zero-order valence-electron chi connectivity index (χ0n) is 11.4. The molecule has 0 saturated carbocycles. The van der Waals surface area contributed by atoms with Crippen molar-refractivity contribution in [2.45, 2.75) is 13.3 Å². The number of para-hydroxylation sites is 1. The minimum absolute atomic E-state index is 0.255. The van der Waals surface area contributed by atoms with Gasteiger partial charge in [0.25, 0.3) is 0 Å². The molecule has 0 radical (unpaired) electrons. The van der Waals surface area contributed by atoms with Gasteiger partial charge >= 0.3 is 0 Å². The maximum Gasteiger partial charge on any atom is 0.117 e. The molecule has 0 atom stereocenters. The van der Waals surface area contributed by atoms with E-state index in [2.05, 4.69) is 34.3 Å². The van der Waals surface area contributed by atoms with Gasteiger partial charge in [0, 0.05) is 24.7 Å². The summed E-state index contributed by atoms with van der Waals surface area (Å²) in [5.41, 5.74) is 4.15. The van der Waals surface area contributed by atoms with Crippen LogP contribution in [0.3, 0.4) is 0 Å². The van der Waals surface area contributed by atoms with Crippen LogP contribution in [0.4, 0.5) is 5.69 Å². The number of rotatable bonds is 4. The second-order valence-corrected chi connectivity index (χ2v) is 4.88. The number of phenols is 1. The number of anilines is 1. The van der Waals surface area contributed by atoms with Gasteiger partial charge in [-0.1, -0.05) is 18.2 Å². The van der Waals surface area contributed by atoms with Crippen molar-refractivity contribution < 1.29 is 5.11 Å². The van der Waals surface area contributed by atoms with Crippen molar-refractivity contribution in [2.75, 3.05) is 11.9 Å². The fraction of sp³-hybridized carbons (Fsp3) is 0.188. The SMILES string of the molecule is Cc1ccccc1NCCc1nc2ccc(O)cc2[nH]1. The van der Waals surface area contributed by atoms with Gasteiger partial charge in [0.05, 0.1) is 11.0 Å². The molecule has 0 unspecified atom stereocenters. The number of aromatic nitrogens is 2. The highest BCUT2D eigenvalue weighted by molar-refractivity contribution is 5.76. The van der Waals surface area contributed by atoms with Crippen LogP contribution in [0.25, 0.3) is 11.0 Å². The Morgan fingerprint density at radius 1 is 1.20 bits per heavy atom. The Hall–Kier alpha value is -2.49. The van der Waals surface area contributed by atoms with Crippen molar-refractivity contribution in [3.63, 3.8) is 0 Å². The highest BCUT2D eigenvalue weighted by Crippen LogP contribution is 2.18. The molecule has 1 heterocycles. The molecule has 102 valence electrons. The largest absolute Gasteiger partial charge is 0.508 e. The molecular weight excluding hydrogens is 250 g/mol. The van der Waals surface area contributed by atoms with Crippen LogP contribution < -0.4 is 5.32 Å². The standard InChI is InChI=1S/C16H17N3O/c1-11-4-2-3-5-13(11)17-9-8-16-18-14-7-6-12(20)10-15(14)19-16/h2-7,10,17,20H,8-9H2,1H3,(H,18,19). The normalized spacial score (nSPS) is 10.8. The molecule has 4 nitrogen and oxygen atoms in total. The van der Waals surface area contributed by atoms with Crippen molar-refractivity contribution in [3.05, 3.63) is 53.9 Å². The first-order chi connectivity index (χ1) is 9.72. The molecule has 3 rings (SSSR count). The number of aryl methyl sites for hydroxylation is 1. The Balaban J connectivity index is 1.67. The summed E-state index contributed by atoms with van der Waals surface area (Å²) in [5.74, 6) is 1.18. The molecule has 1 aromatic heterocycles. The average molecular weight is 267 g/mol. The second-order valence-electron chi connectivity index (χ2n) is 4.88. The molecule has 0 aliphatic heterocycles. The zero-order chi connectivity index (χ0) is 13.9. The Morgan fingerprint density at radius 3 is 2.90 bits per heavy atom. The molecule has 3 N–H and O–H groups in total. The van der Waals surface area contributed by atoms with Gasteiger partial charge in [0.15, 0.2) is 0 Å². The molecule has 4 heteroatoms. The summed E-state index contributed by atoms with van der Waals surface area (Å²) in [7, 11) is 0. The van der Waals surface area contributed by atoms with Crippen LogP contribution in [0.15, 0.2) is 42.5 Å². The number of H-pyrrole nitrogens is 1. The Bertz CT molecular complexity index is 733. The third-order valence-electron chi connectivity index (χ3n) is 3.34. The van der Waals surface area contributed by atoms with E-state index in [-0.39, 0.29) is 5.75 Å². The van der Waals surface area contributed by atoms with E-state index in [1.807, 2.05) is 18.2 Å². The molecule has 0 fully saturated rings. The lowest BCUT2D eigenvalue weighted by atomic mass is 10.2. The molecule has 0 aliphatic rings. The quantitative estimate of drug-likeness (QED) is 0.680. The van der Waals surface area contributed by atoms with Gasteiger partial charge in [0.2, 0.25) is 0 Å². The van der Waals surface area contributed by atoms with Crippen LogP contribution in [-0.2, 0) is 6.42 Å². The number of hydrogen-bond acceptors (Lipinski definition) is 3. The van der Waals surface area contributed by atoms with E-state index in [1.165, 1.54) is 5.56 Å². The summed E-state index contributed by atoms with van der Waals surface area (Å²) in [5, 5.41) is 12.8. The van der Waals surface area contributed by atoms with E-state index in [9.17, 15) is 5.11 Å². The smallest absolute Gasteiger partial charge is 0.117 e. The van der Waals surface area contributed by atoms with Crippen LogP contribution in [-0.4, -0.2) is 21.6 Å². The maximum atomic E-state index is 9.43. The predicted molar refractivity (Wildman–Crippen MR) is 81.1 cm³/mol. The van der Waals surface area contributed by atoms with Gasteiger partial charge in [-0.25, -0.2) is 4.98 Å². The fourth-order valence-corrected chi connectivity index (χ4v) is 2.26. The lowest BCUT2D eigenvalue weighted by Crippen LogP contribution is -2.06. The Labute approximate surface area is 117 Å². The number of fused-ring (bicyclic) bond motifs is 1. The highest BCUT2D eigenvalue weighted by atomic mass is 16.3. The van der Waals surface area contributed by atoms with Crippen molar-refractivity contribution in [2.24, 2.45) is 0 Å². The second kappa shape index (κ2) is 5.25. The molecular formula is C16H17N3O. The molecule has 0 bridgehead atoms. The number of aromatic amines is 1. The Morgan fingerprint density at radius 2 is 2.05 bits per heavy atom. The van der Waals surface area contributed by atoms with E-state index in [1.54, 1.807) is 12.1 Å². The topological polar surface area (TPSA) is 60.9 Å². The monoisotopic (exact) mass is 267 g/mol. The average Bonchev–Trinajstić information content (AvgIpc) is 2.83. The van der Waals surface area contributed by atoms with Gasteiger partial charge in [-0.2, -0.15) is 0 Å². The number of benzene rings is 2. The Kier molecular flexibility index (Phi) is 3.29. The van der Waals surface area contributed by atoms with Crippen molar-refractivity contribution in [3.8, 4) is 5.75 Å².